The van der Waals surface area contributed by atoms with Crippen LogP contribution in [0.25, 0.3) is 10.8 Å². The highest BCUT2D eigenvalue weighted by atomic mass is 79.9. The Morgan fingerprint density at radius 2 is 1.64 bits per heavy atom. The lowest BCUT2D eigenvalue weighted by molar-refractivity contribution is 0.112. The minimum Gasteiger partial charge on any atom is -0.298 e. The smallest absolute Gasteiger partial charge is 0.150 e. The molecule has 0 N–H and O–H groups in total. The standard InChI is InChI=1S/C9H5BrFN.C7H4BrFO/c10-8-3-7-5-12-2-1-6(7)4-9(8)11;8-6-3-5(4-10)1-2-7(6)9/h1-5H;1-4H. The first-order valence-corrected chi connectivity index (χ1v) is 7.69. The maximum Gasteiger partial charge on any atom is 0.150 e. The Kier molecular flexibility index (Phi) is 5.74. The minimum absolute atomic E-state index is 0.242. The fraction of sp³-hybridized carbons (Fsp3) is 0. The summed E-state index contributed by atoms with van der Waals surface area (Å²) < 4.78 is 26.2. The van der Waals surface area contributed by atoms with Gasteiger partial charge in [0, 0.05) is 23.3 Å². The van der Waals surface area contributed by atoms with Crippen LogP contribution in [-0.4, -0.2) is 11.3 Å². The van der Waals surface area contributed by atoms with E-state index in [2.05, 4.69) is 36.8 Å². The van der Waals surface area contributed by atoms with Crippen molar-refractivity contribution in [2.45, 2.75) is 0 Å². The summed E-state index contributed by atoms with van der Waals surface area (Å²) in [5.41, 5.74) is 0.466. The molecule has 0 amide bonds. The van der Waals surface area contributed by atoms with E-state index in [4.69, 9.17) is 0 Å². The summed E-state index contributed by atoms with van der Waals surface area (Å²) in [6.07, 6.45) is 4.03. The zero-order valence-electron chi connectivity index (χ0n) is 11.1. The van der Waals surface area contributed by atoms with Gasteiger partial charge in [-0.25, -0.2) is 8.78 Å². The second-order valence-electron chi connectivity index (χ2n) is 4.28. The lowest BCUT2D eigenvalue weighted by Gasteiger charge is -1.98. The summed E-state index contributed by atoms with van der Waals surface area (Å²) >= 11 is 6.07. The van der Waals surface area contributed by atoms with Crippen molar-refractivity contribution in [3.8, 4) is 0 Å². The number of aldehydes is 1. The van der Waals surface area contributed by atoms with Crippen LogP contribution in [0.5, 0.6) is 0 Å². The number of carbonyl (C=O) groups is 1. The van der Waals surface area contributed by atoms with Gasteiger partial charge in [0.25, 0.3) is 0 Å². The molecule has 2 nitrogen and oxygen atoms in total. The van der Waals surface area contributed by atoms with Gasteiger partial charge in [-0.3, -0.25) is 9.78 Å². The van der Waals surface area contributed by atoms with E-state index in [1.165, 1.54) is 24.3 Å². The first kappa shape index (κ1) is 16.7. The third kappa shape index (κ3) is 4.18. The van der Waals surface area contributed by atoms with Crippen molar-refractivity contribution in [3.63, 3.8) is 0 Å². The van der Waals surface area contributed by atoms with E-state index in [-0.39, 0.29) is 11.6 Å². The summed E-state index contributed by atoms with van der Waals surface area (Å²) in [6.45, 7) is 0. The molecule has 22 heavy (non-hydrogen) atoms. The summed E-state index contributed by atoms with van der Waals surface area (Å²) in [6, 6.07) is 9.09. The van der Waals surface area contributed by atoms with E-state index in [0.29, 0.717) is 20.8 Å². The molecule has 112 valence electrons. The molecule has 0 saturated heterocycles. The molecule has 0 aliphatic carbocycles. The van der Waals surface area contributed by atoms with Crippen LogP contribution in [0.1, 0.15) is 10.4 Å². The average molecular weight is 429 g/mol. The average Bonchev–Trinajstić information content (AvgIpc) is 2.52. The molecule has 0 radical (unpaired) electrons. The largest absolute Gasteiger partial charge is 0.298 e. The number of rotatable bonds is 1. The number of fused-ring (bicyclic) bond motifs is 1. The number of benzene rings is 2. The third-order valence-electron chi connectivity index (χ3n) is 2.76. The highest BCUT2D eigenvalue weighted by Crippen LogP contribution is 2.22. The van der Waals surface area contributed by atoms with Crippen molar-refractivity contribution in [1.82, 2.24) is 4.98 Å². The molecule has 0 spiro atoms. The number of halogens is 4. The second-order valence-corrected chi connectivity index (χ2v) is 5.99. The van der Waals surface area contributed by atoms with Crippen LogP contribution in [-0.2, 0) is 0 Å². The zero-order chi connectivity index (χ0) is 16.1. The molecule has 0 atom stereocenters. The molecule has 3 rings (SSSR count). The Hall–Kier alpha value is -1.66. The number of pyridine rings is 1. The van der Waals surface area contributed by atoms with E-state index < -0.39 is 0 Å². The van der Waals surface area contributed by atoms with E-state index in [9.17, 15) is 13.6 Å². The topological polar surface area (TPSA) is 30.0 Å². The molecule has 0 saturated carbocycles. The predicted molar refractivity (Wildman–Crippen MR) is 88.9 cm³/mol. The first-order valence-electron chi connectivity index (χ1n) is 6.10. The molecule has 1 heterocycles. The maximum absolute atomic E-state index is 13.0. The first-order chi connectivity index (χ1) is 10.5. The SMILES string of the molecule is Fc1cc2ccncc2cc1Br.O=Cc1ccc(F)c(Br)c1. The quantitative estimate of drug-likeness (QED) is 0.476. The molecule has 0 fully saturated rings. The molecular formula is C16H9Br2F2NO. The van der Waals surface area contributed by atoms with Gasteiger partial charge in [-0.15, -0.1) is 0 Å². The summed E-state index contributed by atoms with van der Waals surface area (Å²) in [5.74, 6) is -0.598. The lowest BCUT2D eigenvalue weighted by atomic mass is 10.2. The van der Waals surface area contributed by atoms with Gasteiger partial charge in [-0.1, -0.05) is 0 Å². The van der Waals surface area contributed by atoms with Crippen molar-refractivity contribution in [1.29, 1.82) is 0 Å². The lowest BCUT2D eigenvalue weighted by Crippen LogP contribution is -1.81. The van der Waals surface area contributed by atoms with Crippen molar-refractivity contribution in [2.75, 3.05) is 0 Å². The van der Waals surface area contributed by atoms with Crippen LogP contribution >= 0.6 is 31.9 Å². The molecule has 0 aliphatic heterocycles. The Labute approximate surface area is 142 Å². The highest BCUT2D eigenvalue weighted by molar-refractivity contribution is 9.10. The molecular weight excluding hydrogens is 420 g/mol. The van der Waals surface area contributed by atoms with E-state index >= 15 is 0 Å². The second kappa shape index (κ2) is 7.56. The van der Waals surface area contributed by atoms with Gasteiger partial charge in [-0.2, -0.15) is 0 Å². The molecule has 2 aromatic carbocycles. The molecule has 0 unspecified atom stereocenters. The Morgan fingerprint density at radius 1 is 0.909 bits per heavy atom. The van der Waals surface area contributed by atoms with Gasteiger partial charge in [0.1, 0.15) is 17.9 Å². The predicted octanol–water partition coefficient (Wildman–Crippen LogP) is 5.54. The molecule has 0 aliphatic rings. The highest BCUT2D eigenvalue weighted by Gasteiger charge is 2.00. The Balaban J connectivity index is 0.000000164. The van der Waals surface area contributed by atoms with Gasteiger partial charge in [-0.05, 0) is 73.6 Å². The number of hydrogen-bond acceptors (Lipinski definition) is 2. The Morgan fingerprint density at radius 3 is 2.32 bits per heavy atom. The Bertz CT molecular complexity index is 784. The summed E-state index contributed by atoms with van der Waals surface area (Å²) in [7, 11) is 0. The van der Waals surface area contributed by atoms with E-state index in [1.807, 2.05) is 0 Å². The van der Waals surface area contributed by atoms with Crippen LogP contribution in [0, 0.1) is 11.6 Å². The van der Waals surface area contributed by atoms with Gasteiger partial charge < -0.3 is 0 Å². The number of carbonyl (C=O) groups excluding carboxylic acids is 1. The van der Waals surface area contributed by atoms with Gasteiger partial charge in [0.15, 0.2) is 0 Å². The van der Waals surface area contributed by atoms with Crippen LogP contribution in [0.2, 0.25) is 0 Å². The summed E-state index contributed by atoms with van der Waals surface area (Å²) in [5, 5.41) is 1.80. The maximum atomic E-state index is 13.0. The monoisotopic (exact) mass is 427 g/mol. The van der Waals surface area contributed by atoms with Crippen molar-refractivity contribution < 1.29 is 13.6 Å². The van der Waals surface area contributed by atoms with Crippen molar-refractivity contribution in [2.24, 2.45) is 0 Å². The third-order valence-corrected chi connectivity index (χ3v) is 3.97. The molecule has 1 aromatic heterocycles. The number of aromatic nitrogens is 1. The minimum atomic E-state index is -0.356. The fourth-order valence-corrected chi connectivity index (χ4v) is 2.42. The van der Waals surface area contributed by atoms with Crippen LogP contribution < -0.4 is 0 Å². The van der Waals surface area contributed by atoms with E-state index in [0.717, 1.165) is 10.8 Å². The van der Waals surface area contributed by atoms with Crippen LogP contribution in [0.3, 0.4) is 0 Å². The van der Waals surface area contributed by atoms with E-state index in [1.54, 1.807) is 24.5 Å². The van der Waals surface area contributed by atoms with Gasteiger partial charge >= 0.3 is 0 Å². The van der Waals surface area contributed by atoms with Crippen LogP contribution in [0.4, 0.5) is 8.78 Å². The number of hydrogen-bond donors (Lipinski definition) is 0. The van der Waals surface area contributed by atoms with Gasteiger partial charge in [0.2, 0.25) is 0 Å². The van der Waals surface area contributed by atoms with Crippen molar-refractivity contribution in [3.05, 3.63) is 74.9 Å². The normalized spacial score (nSPS) is 10.0. The van der Waals surface area contributed by atoms with Crippen LogP contribution in [0.15, 0.2) is 57.7 Å². The van der Waals surface area contributed by atoms with Gasteiger partial charge in [0.05, 0.1) is 8.95 Å². The molecule has 3 aromatic rings. The summed E-state index contributed by atoms with van der Waals surface area (Å²) in [4.78, 5) is 14.1. The van der Waals surface area contributed by atoms with Crippen molar-refractivity contribution >= 4 is 48.9 Å². The molecule has 6 heteroatoms. The molecule has 0 bridgehead atoms. The number of nitrogens with zero attached hydrogens (tertiary/aromatic N) is 1. The fourth-order valence-electron chi connectivity index (χ4n) is 1.67. The zero-order valence-corrected chi connectivity index (χ0v) is 14.2.